The van der Waals surface area contributed by atoms with E-state index < -0.39 is 0 Å². The van der Waals surface area contributed by atoms with Gasteiger partial charge in [0.05, 0.1) is 18.1 Å². The molecular formula is C11H20N2O2S. The van der Waals surface area contributed by atoms with Crippen molar-refractivity contribution in [1.82, 2.24) is 10.6 Å². The summed E-state index contributed by atoms with van der Waals surface area (Å²) in [6.07, 6.45) is 2.18. The first-order chi connectivity index (χ1) is 7.56. The van der Waals surface area contributed by atoms with Crippen LogP contribution in [-0.4, -0.2) is 36.7 Å². The van der Waals surface area contributed by atoms with Crippen LogP contribution in [0.3, 0.4) is 0 Å². The van der Waals surface area contributed by atoms with Crippen molar-refractivity contribution in [2.24, 2.45) is 5.92 Å². The zero-order chi connectivity index (χ0) is 12.1. The first-order valence-corrected chi connectivity index (χ1v) is 6.08. The first-order valence-electron chi connectivity index (χ1n) is 5.68. The van der Waals surface area contributed by atoms with E-state index in [0.717, 1.165) is 24.4 Å². The fourth-order valence-electron chi connectivity index (χ4n) is 1.79. The van der Waals surface area contributed by atoms with E-state index in [2.05, 4.69) is 10.6 Å². The fraction of sp³-hybridized carbons (Fsp3) is 0.818. The van der Waals surface area contributed by atoms with Crippen LogP contribution in [0.1, 0.15) is 26.7 Å². The quantitative estimate of drug-likeness (QED) is 0.567. The zero-order valence-electron chi connectivity index (χ0n) is 10.1. The van der Waals surface area contributed by atoms with Crippen LogP contribution in [0, 0.1) is 5.92 Å². The van der Waals surface area contributed by atoms with E-state index in [1.54, 1.807) is 0 Å². The minimum absolute atomic E-state index is 0.159. The molecule has 1 rings (SSSR count). The molecule has 0 spiro atoms. The summed E-state index contributed by atoms with van der Waals surface area (Å²) in [6, 6.07) is -0.138. The second-order valence-corrected chi connectivity index (χ2v) is 4.84. The Kier molecular flexibility index (Phi) is 5.15. The number of esters is 1. The van der Waals surface area contributed by atoms with E-state index >= 15 is 0 Å². The topological polar surface area (TPSA) is 50.4 Å². The van der Waals surface area contributed by atoms with E-state index in [1.165, 1.54) is 7.11 Å². The van der Waals surface area contributed by atoms with Gasteiger partial charge in [-0.1, -0.05) is 26.1 Å². The Bertz CT molecular complexity index is 263. The zero-order valence-corrected chi connectivity index (χ0v) is 10.9. The number of methoxy groups -OCH3 is 1. The third-order valence-corrected chi connectivity index (χ3v) is 3.20. The summed E-state index contributed by atoms with van der Waals surface area (Å²) in [5, 5.41) is 6.41. The SMILES string of the molecule is COC(=O)[C@@H](NC(=S)[C@@H]1CCCN1)C(C)C. The monoisotopic (exact) mass is 244 g/mol. The number of carbonyl (C=O) groups is 1. The minimum Gasteiger partial charge on any atom is -0.467 e. The smallest absolute Gasteiger partial charge is 0.328 e. The molecule has 1 aliphatic heterocycles. The van der Waals surface area contributed by atoms with Crippen LogP contribution >= 0.6 is 12.2 Å². The summed E-state index contributed by atoms with van der Waals surface area (Å²) >= 11 is 5.30. The van der Waals surface area contributed by atoms with E-state index in [-0.39, 0.29) is 24.0 Å². The Morgan fingerprint density at radius 2 is 2.25 bits per heavy atom. The van der Waals surface area contributed by atoms with Gasteiger partial charge >= 0.3 is 5.97 Å². The van der Waals surface area contributed by atoms with Gasteiger partial charge in [0.1, 0.15) is 6.04 Å². The van der Waals surface area contributed by atoms with Crippen molar-refractivity contribution in [3.8, 4) is 0 Å². The summed E-state index contributed by atoms with van der Waals surface area (Å²) in [6.45, 7) is 4.94. The number of rotatable bonds is 4. The highest BCUT2D eigenvalue weighted by Gasteiger charge is 2.27. The van der Waals surface area contributed by atoms with Crippen molar-refractivity contribution in [3.05, 3.63) is 0 Å². The van der Waals surface area contributed by atoms with E-state index in [9.17, 15) is 4.79 Å². The maximum absolute atomic E-state index is 11.5. The van der Waals surface area contributed by atoms with Crippen LogP contribution < -0.4 is 10.6 Å². The lowest BCUT2D eigenvalue weighted by atomic mass is 10.0. The molecule has 0 aromatic rings. The molecule has 1 saturated heterocycles. The Hall–Kier alpha value is -0.680. The molecule has 0 radical (unpaired) electrons. The molecule has 0 unspecified atom stereocenters. The second kappa shape index (κ2) is 6.15. The molecule has 1 heterocycles. The maximum Gasteiger partial charge on any atom is 0.328 e. The largest absolute Gasteiger partial charge is 0.467 e. The Balaban J connectivity index is 2.53. The average Bonchev–Trinajstić information content (AvgIpc) is 2.77. The first kappa shape index (κ1) is 13.4. The lowest BCUT2D eigenvalue weighted by Crippen LogP contribution is -2.49. The molecule has 0 bridgehead atoms. The molecule has 2 N–H and O–H groups in total. The van der Waals surface area contributed by atoms with E-state index in [1.807, 2.05) is 13.8 Å². The average molecular weight is 244 g/mol. The number of hydrogen-bond acceptors (Lipinski definition) is 4. The van der Waals surface area contributed by atoms with Gasteiger partial charge in [-0.25, -0.2) is 4.79 Å². The van der Waals surface area contributed by atoms with Crippen LogP contribution in [0.2, 0.25) is 0 Å². The molecule has 0 saturated carbocycles. The molecular weight excluding hydrogens is 224 g/mol. The second-order valence-electron chi connectivity index (χ2n) is 4.40. The predicted molar refractivity (Wildman–Crippen MR) is 67.4 cm³/mol. The minimum atomic E-state index is -0.347. The van der Waals surface area contributed by atoms with Crippen molar-refractivity contribution >= 4 is 23.2 Å². The van der Waals surface area contributed by atoms with Crippen LogP contribution in [0.5, 0.6) is 0 Å². The van der Waals surface area contributed by atoms with Gasteiger partial charge in [0, 0.05) is 0 Å². The molecule has 4 nitrogen and oxygen atoms in total. The van der Waals surface area contributed by atoms with Crippen LogP contribution in [0.15, 0.2) is 0 Å². The molecule has 92 valence electrons. The molecule has 2 atom stereocenters. The van der Waals surface area contributed by atoms with Crippen LogP contribution in [0.4, 0.5) is 0 Å². The number of hydrogen-bond donors (Lipinski definition) is 2. The third kappa shape index (κ3) is 3.42. The van der Waals surface area contributed by atoms with Crippen molar-refractivity contribution in [3.63, 3.8) is 0 Å². The van der Waals surface area contributed by atoms with Gasteiger partial charge in [0.15, 0.2) is 0 Å². The van der Waals surface area contributed by atoms with Crippen LogP contribution in [0.25, 0.3) is 0 Å². The summed E-state index contributed by atoms with van der Waals surface area (Å²) in [7, 11) is 1.40. The van der Waals surface area contributed by atoms with Crippen LogP contribution in [-0.2, 0) is 9.53 Å². The lowest BCUT2D eigenvalue weighted by Gasteiger charge is -2.23. The molecule has 0 amide bonds. The van der Waals surface area contributed by atoms with Gasteiger partial charge in [-0.2, -0.15) is 0 Å². The van der Waals surface area contributed by atoms with E-state index in [4.69, 9.17) is 17.0 Å². The number of thiocarbonyl (C=S) groups is 1. The predicted octanol–water partition coefficient (Wildman–Crippen LogP) is 0.853. The number of nitrogens with one attached hydrogen (secondary N) is 2. The van der Waals surface area contributed by atoms with Gasteiger partial charge in [-0.05, 0) is 25.3 Å². The fourth-order valence-corrected chi connectivity index (χ4v) is 2.12. The summed E-state index contributed by atoms with van der Waals surface area (Å²) < 4.78 is 4.76. The van der Waals surface area contributed by atoms with Gasteiger partial charge in [0.25, 0.3) is 0 Å². The normalized spacial score (nSPS) is 21.9. The third-order valence-electron chi connectivity index (χ3n) is 2.80. The highest BCUT2D eigenvalue weighted by Crippen LogP contribution is 2.09. The highest BCUT2D eigenvalue weighted by molar-refractivity contribution is 7.80. The summed E-state index contributed by atoms with van der Waals surface area (Å²) in [4.78, 5) is 12.3. The number of ether oxygens (including phenoxy) is 1. The van der Waals surface area contributed by atoms with Gasteiger partial charge in [-0.15, -0.1) is 0 Å². The maximum atomic E-state index is 11.5. The lowest BCUT2D eigenvalue weighted by molar-refractivity contribution is -0.143. The summed E-state index contributed by atoms with van der Waals surface area (Å²) in [5.74, 6) is -0.0952. The van der Waals surface area contributed by atoms with E-state index in [0.29, 0.717) is 0 Å². The Morgan fingerprint density at radius 1 is 1.56 bits per heavy atom. The van der Waals surface area contributed by atoms with Gasteiger partial charge in [0.2, 0.25) is 0 Å². The summed E-state index contributed by atoms with van der Waals surface area (Å²) in [5.41, 5.74) is 0. The molecule has 5 heteroatoms. The molecule has 1 aliphatic rings. The molecule has 0 aromatic carbocycles. The molecule has 1 fully saturated rings. The van der Waals surface area contributed by atoms with Crippen molar-refractivity contribution < 1.29 is 9.53 Å². The number of carbonyl (C=O) groups excluding carboxylic acids is 1. The molecule has 16 heavy (non-hydrogen) atoms. The van der Waals surface area contributed by atoms with Gasteiger partial charge in [-0.3, -0.25) is 0 Å². The highest BCUT2D eigenvalue weighted by atomic mass is 32.1. The Morgan fingerprint density at radius 3 is 2.69 bits per heavy atom. The van der Waals surface area contributed by atoms with Gasteiger partial charge < -0.3 is 15.4 Å². The van der Waals surface area contributed by atoms with Crippen molar-refractivity contribution in [2.45, 2.75) is 38.8 Å². The van der Waals surface area contributed by atoms with Crippen molar-refractivity contribution in [1.29, 1.82) is 0 Å². The van der Waals surface area contributed by atoms with Crippen molar-refractivity contribution in [2.75, 3.05) is 13.7 Å². The molecule has 0 aliphatic carbocycles. The standard InChI is InChI=1S/C11H20N2O2S/c1-7(2)9(11(14)15-3)13-10(16)8-5-4-6-12-8/h7-9,12H,4-6H2,1-3H3,(H,13,16)/t8-,9-/m0/s1. The molecule has 0 aromatic heterocycles. The Labute approximate surface area is 102 Å².